The van der Waals surface area contributed by atoms with Gasteiger partial charge >= 0.3 is 0 Å². The number of para-hydroxylation sites is 6. The maximum Gasteiger partial charge on any atom is 0.224 e. The third-order valence-electron chi connectivity index (χ3n) is 18.8. The lowest BCUT2D eigenvalue weighted by molar-refractivity contribution is 0.324. The van der Waals surface area contributed by atoms with E-state index >= 15 is 0 Å². The number of thiazole rings is 6. The van der Waals surface area contributed by atoms with Crippen molar-refractivity contribution in [2.45, 2.75) is 40.5 Å². The van der Waals surface area contributed by atoms with Crippen LogP contribution in [0.5, 0.6) is 17.2 Å². The summed E-state index contributed by atoms with van der Waals surface area (Å²) in [5.74, 6) is 9.20. The Morgan fingerprint density at radius 3 is 0.971 bits per heavy atom. The van der Waals surface area contributed by atoms with Crippen LogP contribution in [0.25, 0.3) is 61.3 Å². The number of benzene rings is 10. The zero-order chi connectivity index (χ0) is 99.0. The van der Waals surface area contributed by atoms with Crippen LogP contribution in [0.3, 0.4) is 0 Å². The Hall–Kier alpha value is -17.6. The third kappa shape index (κ3) is 28.7. The van der Waals surface area contributed by atoms with Crippen molar-refractivity contribution in [2.75, 3.05) is 21.3 Å². The Morgan fingerprint density at radius 1 is 0.321 bits per heavy atom. The molecule has 18 rings (SSSR count). The fraction of sp³-hybridized carbons (Fsp3) is 0.0918. The van der Waals surface area contributed by atoms with Gasteiger partial charge in [-0.15, -0.1) is 5.92 Å². The summed E-state index contributed by atoms with van der Waals surface area (Å²) in [6.45, 7) is 7.81. The van der Waals surface area contributed by atoms with E-state index in [4.69, 9.17) is 83.0 Å². The van der Waals surface area contributed by atoms with Crippen molar-refractivity contribution in [2.24, 2.45) is 129 Å². The Bertz CT molecular complexity index is 7540. The molecule has 8 heterocycles. The fourth-order valence-corrected chi connectivity index (χ4v) is 17.6. The van der Waals surface area contributed by atoms with E-state index in [1.165, 1.54) is 107 Å². The van der Waals surface area contributed by atoms with Crippen LogP contribution in [-0.4, -0.2) is 137 Å². The van der Waals surface area contributed by atoms with Gasteiger partial charge in [0.15, 0.2) is 17.3 Å². The minimum absolute atomic E-state index is 0.000285. The number of aliphatic imine (C=N–C) groups is 12. The molecule has 0 aliphatic rings. The van der Waals surface area contributed by atoms with Gasteiger partial charge in [-0.2, -0.15) is 59.9 Å². The highest BCUT2D eigenvalue weighted by atomic mass is 32.1. The molecule has 8 aromatic heterocycles. The predicted octanol–water partition coefficient (Wildman–Crippen LogP) is 16.0. The first-order valence-corrected chi connectivity index (χ1v) is 47.1. The lowest BCUT2D eigenvalue weighted by Gasteiger charge is -2.13. The van der Waals surface area contributed by atoms with E-state index in [2.05, 4.69) is 130 Å². The van der Waals surface area contributed by atoms with Crippen LogP contribution >= 0.6 is 68.0 Å². The van der Waals surface area contributed by atoms with Gasteiger partial charge in [-0.1, -0.05) is 214 Å². The highest BCUT2D eigenvalue weighted by Gasteiger charge is 2.18. The first-order chi connectivity index (χ1) is 67.8. The number of hydrogen-bond donors (Lipinski definition) is 12. The topological polar surface area (TPSA) is 604 Å². The molecule has 0 aliphatic carbocycles. The number of hydrogen-bond acceptors (Lipinski definition) is 24. The van der Waals surface area contributed by atoms with Crippen LogP contribution in [0.15, 0.2) is 327 Å². The number of nitrogens with zero attached hydrogens (tertiary/aromatic N) is 21. The molecule has 0 radical (unpaired) electrons. The lowest BCUT2D eigenvalue weighted by Crippen LogP contribution is -2.20. The van der Waals surface area contributed by atoms with Gasteiger partial charge in [0.2, 0.25) is 72.3 Å². The Kier molecular flexibility index (Phi) is 35.0. The maximum absolute atomic E-state index is 6.08. The molecule has 10 aromatic carbocycles. The molecule has 0 unspecified atom stereocenters. The molecule has 36 nitrogen and oxygen atoms in total. The van der Waals surface area contributed by atoms with Gasteiger partial charge < -0.3 is 83.0 Å². The Labute approximate surface area is 827 Å². The van der Waals surface area contributed by atoms with Crippen molar-refractivity contribution >= 4 is 231 Å². The van der Waals surface area contributed by atoms with Gasteiger partial charge in [-0.25, -0.2) is 34.9 Å². The molecule has 42 heteroatoms. The molecule has 0 saturated heterocycles. The molecule has 0 atom stereocenters. The average molecular weight is 1970 g/mol. The lowest BCUT2D eigenvalue weighted by atomic mass is 10.1. The van der Waals surface area contributed by atoms with Crippen LogP contribution in [-0.2, 0) is 6.42 Å². The molecule has 0 spiro atoms. The molecule has 704 valence electrons. The van der Waals surface area contributed by atoms with Gasteiger partial charge in [0.25, 0.3) is 0 Å². The first kappa shape index (κ1) is 99.8. The SMILES string of the molecule is CC#Cc1cccc(C(N)=NC(N)=Nc2nc3ccccc3s2)c1.CCCc1cccc(C(N)=NC(N)=Nc2nc3ccccc3s2)c1.COc1cc(C(N)=NC(N)=Nc2nc3ccccc3s2)cc(OC)c1OC.Cc1cc(C(N)=NC(N)=Nc2nc3ccccc3s2)ccn1.Cc1cccc(C(N)=NC(N)=Nc2nc3ccccc3s2)c1.NC(=Nc1nc2ccccc2s1)N=C(N)c1cnccn1. The van der Waals surface area contributed by atoms with Crippen LogP contribution < -0.4 is 83.0 Å². The van der Waals surface area contributed by atoms with Crippen molar-refractivity contribution in [3.63, 3.8) is 0 Å². The Balaban J connectivity index is 0.000000142. The van der Waals surface area contributed by atoms with Gasteiger partial charge in [-0.05, 0) is 154 Å². The first-order valence-electron chi connectivity index (χ1n) is 42.2. The minimum Gasteiger partial charge on any atom is -0.493 e. The summed E-state index contributed by atoms with van der Waals surface area (Å²) in [5, 5.41) is 3.29. The number of methoxy groups -OCH3 is 3. The molecule has 0 bridgehead atoms. The monoisotopic (exact) mass is 1970 g/mol. The van der Waals surface area contributed by atoms with E-state index in [-0.39, 0.29) is 53.3 Å². The number of aromatic nitrogens is 9. The van der Waals surface area contributed by atoms with Gasteiger partial charge in [0.1, 0.15) is 34.9 Å². The summed E-state index contributed by atoms with van der Waals surface area (Å²) in [5.41, 5.74) is 84.6. The highest BCUT2D eigenvalue weighted by molar-refractivity contribution is 7.23. The third-order valence-corrected chi connectivity index (χ3v) is 24.4. The fourth-order valence-electron chi connectivity index (χ4n) is 12.6. The van der Waals surface area contributed by atoms with Crippen molar-refractivity contribution < 1.29 is 14.2 Å². The van der Waals surface area contributed by atoms with Gasteiger partial charge in [0.05, 0.1) is 88.8 Å². The van der Waals surface area contributed by atoms with Gasteiger partial charge in [-0.3, -0.25) is 9.97 Å². The summed E-state index contributed by atoms with van der Waals surface area (Å²) in [7, 11) is 4.58. The largest absolute Gasteiger partial charge is 0.493 e. The second-order valence-corrected chi connectivity index (χ2v) is 35.1. The molecule has 0 saturated carbocycles. The number of fused-ring (bicyclic) bond motifs is 6. The molecular weight excluding hydrogens is 1880 g/mol. The van der Waals surface area contributed by atoms with Crippen LogP contribution in [0, 0.1) is 25.7 Å². The van der Waals surface area contributed by atoms with Crippen LogP contribution in [0.4, 0.5) is 30.8 Å². The second kappa shape index (κ2) is 49.0. The second-order valence-electron chi connectivity index (χ2n) is 29.1. The van der Waals surface area contributed by atoms with E-state index in [1.807, 2.05) is 232 Å². The summed E-state index contributed by atoms with van der Waals surface area (Å²) < 4.78 is 22.2. The van der Waals surface area contributed by atoms with E-state index in [0.29, 0.717) is 76.8 Å². The number of aryl methyl sites for hydroxylation is 3. The number of guanidine groups is 6. The summed E-state index contributed by atoms with van der Waals surface area (Å²) >= 11 is 8.69. The number of amidine groups is 6. The molecular formula is C98H93N33O3S6. The molecule has 140 heavy (non-hydrogen) atoms. The normalized spacial score (nSPS) is 12.5. The molecule has 0 fully saturated rings. The van der Waals surface area contributed by atoms with E-state index < -0.39 is 0 Å². The summed E-state index contributed by atoms with van der Waals surface area (Å²) in [6, 6.07) is 77.0. The zero-order valence-corrected chi connectivity index (χ0v) is 81.2. The zero-order valence-electron chi connectivity index (χ0n) is 76.3. The molecule has 24 N–H and O–H groups in total. The number of rotatable bonds is 17. The predicted molar refractivity (Wildman–Crippen MR) is 577 cm³/mol. The Morgan fingerprint density at radius 2 is 0.650 bits per heavy atom. The van der Waals surface area contributed by atoms with Crippen molar-refractivity contribution in [1.29, 1.82) is 0 Å². The summed E-state index contributed by atoms with van der Waals surface area (Å²) in [6.07, 6.45) is 8.35. The quantitative estimate of drug-likeness (QED) is 0.0229. The van der Waals surface area contributed by atoms with Crippen molar-refractivity contribution in [3.8, 4) is 29.1 Å². The van der Waals surface area contributed by atoms with E-state index in [1.54, 1.807) is 37.5 Å². The molecule has 0 amide bonds. The van der Waals surface area contributed by atoms with Gasteiger partial charge in [0, 0.05) is 57.7 Å². The highest BCUT2D eigenvalue weighted by Crippen LogP contribution is 2.39. The van der Waals surface area contributed by atoms with Crippen molar-refractivity contribution in [1.82, 2.24) is 44.9 Å². The molecule has 0 aliphatic heterocycles. The van der Waals surface area contributed by atoms with E-state index in [9.17, 15) is 0 Å². The van der Waals surface area contributed by atoms with E-state index in [0.717, 1.165) is 113 Å². The smallest absolute Gasteiger partial charge is 0.224 e. The maximum atomic E-state index is 6.08. The number of ether oxygens (including phenoxy) is 3. The standard InChI is InChI=1S/C18H19N5O3S.C18H19N5S.C18H15N5S.C16H15N5S.C15H14N6S.C13H11N7S/c1-24-12-8-10(9-13(25-2)15(12)26-3)16(19)22-17(20)23-18-21-11-6-4-5-7-14(11)27-18;2*1-2-6-12-7-5-8-13(11-12)16(19)22-17(20)23-18-21-14-9-3-4-10-15(14)24-18;1-10-5-4-6-11(9-10)14(17)20-15(18)21-16-19-12-7-2-3-8-13(12)22-16;1-9-8-10(6-7-18-9)13(16)20-14(17)21-15-19-11-4-2-3-5-12(11)22-15;14-11(9-7-16-5-6-17-9)19-12(15)20-13-18-8-3-1-2-4-10(8)21-13/h4-9H,1-3H3,(H4,19,20,21,22,23);3-5,7-11H,2,6H2,1H3,(H4,19,20,21,22,23);3-5,7-11H,1H3,(H4,19,20,21,22,23);2-9H,1H3,(H4,17,18,19,20,21);2-8H,1H3,(H4,16,17,19,20,21);1-7H,(H4,14,15,18,19,20). The van der Waals surface area contributed by atoms with Crippen molar-refractivity contribution in [3.05, 3.63) is 323 Å². The van der Waals surface area contributed by atoms with Crippen LogP contribution in [0.1, 0.15) is 76.2 Å². The minimum atomic E-state index is 0.000285. The molecule has 18 aromatic rings. The van der Waals surface area contributed by atoms with Crippen LogP contribution in [0.2, 0.25) is 0 Å². The summed E-state index contributed by atoms with van der Waals surface area (Å²) in [4.78, 5) is 88.4. The average Bonchev–Trinajstić information content (AvgIpc) is 1.67. The number of pyridine rings is 1. The number of nitrogens with two attached hydrogens (primary N) is 12.